The first-order valence-corrected chi connectivity index (χ1v) is 15.7. The van der Waals surface area contributed by atoms with E-state index in [0.717, 1.165) is 33.8 Å². The van der Waals surface area contributed by atoms with E-state index in [1.54, 1.807) is 49.4 Å². The van der Waals surface area contributed by atoms with E-state index < -0.39 is 28.5 Å². The Labute approximate surface area is 253 Å². The Morgan fingerprint density at radius 3 is 2.10 bits per heavy atom. The van der Waals surface area contributed by atoms with E-state index in [2.05, 4.69) is 5.32 Å². The number of benzene rings is 3. The molecule has 0 bridgehead atoms. The Kier molecular flexibility index (Phi) is 11.2. The summed E-state index contributed by atoms with van der Waals surface area (Å²) in [6.45, 7) is 9.26. The zero-order valence-corrected chi connectivity index (χ0v) is 26.4. The molecule has 220 valence electrons. The molecule has 0 saturated heterocycles. The molecular formula is C31H37Cl2N3O4S. The summed E-state index contributed by atoms with van der Waals surface area (Å²) in [5, 5.41) is 3.55. The van der Waals surface area contributed by atoms with Gasteiger partial charge in [0, 0.05) is 13.1 Å². The molecule has 0 aliphatic heterocycles. The monoisotopic (exact) mass is 617 g/mol. The second-order valence-corrected chi connectivity index (χ2v) is 12.9. The lowest BCUT2D eigenvalue weighted by molar-refractivity contribution is -0.139. The number of aryl methyl sites for hydroxylation is 3. The van der Waals surface area contributed by atoms with Gasteiger partial charge in [0.25, 0.3) is 10.0 Å². The maximum absolute atomic E-state index is 14.0. The first kappa shape index (κ1) is 32.4. The minimum atomic E-state index is -4.13. The van der Waals surface area contributed by atoms with Gasteiger partial charge in [-0.3, -0.25) is 13.9 Å². The van der Waals surface area contributed by atoms with Gasteiger partial charge in [0.05, 0.1) is 20.6 Å². The standard InChI is InChI=1S/C31H37Cl2N3O4S/c1-6-7-14-34-31(38)24(5)35(19-25-10-13-28(32)29(33)18-25)30(37)20-36(26-16-22(3)15-23(4)17-26)41(39,40)27-11-8-21(2)9-12-27/h8-13,15-18,24H,6-7,14,19-20H2,1-5H3,(H,34,38). The molecule has 0 aliphatic rings. The molecule has 0 aliphatic carbocycles. The van der Waals surface area contributed by atoms with Crippen molar-refractivity contribution in [1.29, 1.82) is 0 Å². The molecule has 3 aromatic carbocycles. The Morgan fingerprint density at radius 2 is 1.51 bits per heavy atom. The second-order valence-electron chi connectivity index (χ2n) is 10.3. The zero-order chi connectivity index (χ0) is 30.3. The lowest BCUT2D eigenvalue weighted by Gasteiger charge is -2.32. The molecule has 1 N–H and O–H groups in total. The van der Waals surface area contributed by atoms with Crippen molar-refractivity contribution in [2.45, 2.75) is 64.9 Å². The Bertz CT molecular complexity index is 1470. The Morgan fingerprint density at radius 1 is 0.878 bits per heavy atom. The van der Waals surface area contributed by atoms with Crippen molar-refractivity contribution in [3.05, 3.63) is 93.0 Å². The number of rotatable bonds is 12. The normalized spacial score (nSPS) is 12.1. The fourth-order valence-electron chi connectivity index (χ4n) is 4.41. The number of sulfonamides is 1. The van der Waals surface area contributed by atoms with Crippen molar-refractivity contribution >= 4 is 50.7 Å². The van der Waals surface area contributed by atoms with E-state index in [1.807, 2.05) is 33.8 Å². The third-order valence-electron chi connectivity index (χ3n) is 6.72. The summed E-state index contributed by atoms with van der Waals surface area (Å²) in [7, 11) is -4.13. The van der Waals surface area contributed by atoms with Gasteiger partial charge in [-0.05, 0) is 87.2 Å². The number of carbonyl (C=O) groups excluding carboxylic acids is 2. The van der Waals surface area contributed by atoms with Crippen LogP contribution in [0, 0.1) is 20.8 Å². The van der Waals surface area contributed by atoms with Crippen LogP contribution < -0.4 is 9.62 Å². The minimum absolute atomic E-state index is 0.0311. The average Bonchev–Trinajstić information content (AvgIpc) is 2.91. The van der Waals surface area contributed by atoms with Gasteiger partial charge in [-0.1, -0.05) is 66.4 Å². The van der Waals surface area contributed by atoms with Gasteiger partial charge in [0.15, 0.2) is 0 Å². The number of nitrogens with one attached hydrogen (secondary N) is 1. The van der Waals surface area contributed by atoms with Crippen LogP contribution in [0.1, 0.15) is 48.9 Å². The van der Waals surface area contributed by atoms with Gasteiger partial charge in [0.1, 0.15) is 12.6 Å². The van der Waals surface area contributed by atoms with Crippen molar-refractivity contribution in [3.63, 3.8) is 0 Å². The van der Waals surface area contributed by atoms with Crippen LogP contribution in [0.5, 0.6) is 0 Å². The molecule has 10 heteroatoms. The second kappa shape index (κ2) is 14.2. The molecule has 2 amide bonds. The highest BCUT2D eigenvalue weighted by atomic mass is 35.5. The van der Waals surface area contributed by atoms with Crippen LogP contribution >= 0.6 is 23.2 Å². The SMILES string of the molecule is CCCCNC(=O)C(C)N(Cc1ccc(Cl)c(Cl)c1)C(=O)CN(c1cc(C)cc(C)c1)S(=O)(=O)c1ccc(C)cc1. The Balaban J connectivity index is 2.05. The number of unbranched alkanes of at least 4 members (excludes halogenated alkanes) is 1. The number of halogens is 2. The van der Waals surface area contributed by atoms with Crippen molar-refractivity contribution < 1.29 is 18.0 Å². The fourth-order valence-corrected chi connectivity index (χ4v) is 6.13. The highest BCUT2D eigenvalue weighted by Gasteiger charge is 2.32. The number of nitrogens with zero attached hydrogens (tertiary/aromatic N) is 2. The van der Waals surface area contributed by atoms with Crippen LogP contribution in [0.3, 0.4) is 0 Å². The molecule has 0 aromatic heterocycles. The van der Waals surface area contributed by atoms with Gasteiger partial charge in [-0.25, -0.2) is 8.42 Å². The van der Waals surface area contributed by atoms with Crippen LogP contribution in [0.4, 0.5) is 5.69 Å². The van der Waals surface area contributed by atoms with Crippen LogP contribution in [-0.2, 0) is 26.2 Å². The number of anilines is 1. The summed E-state index contributed by atoms with van der Waals surface area (Å²) in [4.78, 5) is 28.6. The molecule has 1 atom stereocenters. The third-order valence-corrected chi connectivity index (χ3v) is 9.24. The van der Waals surface area contributed by atoms with E-state index in [9.17, 15) is 18.0 Å². The van der Waals surface area contributed by atoms with Gasteiger partial charge < -0.3 is 10.2 Å². The lowest BCUT2D eigenvalue weighted by atomic mass is 10.1. The van der Waals surface area contributed by atoms with E-state index >= 15 is 0 Å². The number of amides is 2. The highest BCUT2D eigenvalue weighted by molar-refractivity contribution is 7.92. The molecule has 41 heavy (non-hydrogen) atoms. The smallest absolute Gasteiger partial charge is 0.264 e. The van der Waals surface area contributed by atoms with Gasteiger partial charge >= 0.3 is 0 Å². The summed E-state index contributed by atoms with van der Waals surface area (Å²) in [5.74, 6) is -0.865. The van der Waals surface area contributed by atoms with E-state index in [0.29, 0.717) is 27.8 Å². The maximum atomic E-state index is 14.0. The van der Waals surface area contributed by atoms with E-state index in [4.69, 9.17) is 23.2 Å². The lowest BCUT2D eigenvalue weighted by Crippen LogP contribution is -2.51. The summed E-state index contributed by atoms with van der Waals surface area (Å²) in [6.07, 6.45) is 1.71. The first-order chi connectivity index (χ1) is 19.3. The summed E-state index contributed by atoms with van der Waals surface area (Å²) < 4.78 is 29.1. The molecule has 0 heterocycles. The summed E-state index contributed by atoms with van der Waals surface area (Å²) >= 11 is 12.3. The Hall–Kier alpha value is -3.07. The fraction of sp³-hybridized carbons (Fsp3) is 0.355. The minimum Gasteiger partial charge on any atom is -0.354 e. The zero-order valence-electron chi connectivity index (χ0n) is 24.1. The van der Waals surface area contributed by atoms with Crippen LogP contribution in [-0.4, -0.2) is 44.3 Å². The largest absolute Gasteiger partial charge is 0.354 e. The van der Waals surface area contributed by atoms with E-state index in [-0.39, 0.29) is 17.3 Å². The van der Waals surface area contributed by atoms with Crippen molar-refractivity contribution in [3.8, 4) is 0 Å². The quantitative estimate of drug-likeness (QED) is 0.237. The van der Waals surface area contributed by atoms with Gasteiger partial charge in [0.2, 0.25) is 11.8 Å². The predicted octanol–water partition coefficient (Wildman–Crippen LogP) is 6.45. The van der Waals surface area contributed by atoms with Crippen molar-refractivity contribution in [1.82, 2.24) is 10.2 Å². The number of hydrogen-bond acceptors (Lipinski definition) is 4. The molecule has 0 radical (unpaired) electrons. The number of carbonyl (C=O) groups is 2. The maximum Gasteiger partial charge on any atom is 0.264 e. The molecule has 0 fully saturated rings. The van der Waals surface area contributed by atoms with Crippen LogP contribution in [0.15, 0.2) is 65.6 Å². The average molecular weight is 619 g/mol. The topological polar surface area (TPSA) is 86.8 Å². The summed E-state index contributed by atoms with van der Waals surface area (Å²) in [6, 6.07) is 16.0. The molecule has 1 unspecified atom stereocenters. The molecule has 0 spiro atoms. The first-order valence-electron chi connectivity index (χ1n) is 13.5. The van der Waals surface area contributed by atoms with Crippen molar-refractivity contribution in [2.24, 2.45) is 0 Å². The highest BCUT2D eigenvalue weighted by Crippen LogP contribution is 2.28. The molecule has 3 aromatic rings. The van der Waals surface area contributed by atoms with Gasteiger partial charge in [-0.15, -0.1) is 0 Å². The van der Waals surface area contributed by atoms with Gasteiger partial charge in [-0.2, -0.15) is 0 Å². The molecular weight excluding hydrogens is 581 g/mol. The molecule has 0 saturated carbocycles. The molecule has 3 rings (SSSR count). The molecule has 7 nitrogen and oxygen atoms in total. The predicted molar refractivity (Wildman–Crippen MR) is 166 cm³/mol. The van der Waals surface area contributed by atoms with E-state index in [1.165, 1.54) is 17.0 Å². The van der Waals surface area contributed by atoms with Crippen molar-refractivity contribution in [2.75, 3.05) is 17.4 Å². The van der Waals surface area contributed by atoms with Crippen LogP contribution in [0.25, 0.3) is 0 Å². The third kappa shape index (κ3) is 8.47. The summed E-state index contributed by atoms with van der Waals surface area (Å²) in [5.41, 5.74) is 3.64. The number of hydrogen-bond donors (Lipinski definition) is 1. The van der Waals surface area contributed by atoms with Crippen LogP contribution in [0.2, 0.25) is 10.0 Å².